The third kappa shape index (κ3) is 5.26. The second-order valence-corrected chi connectivity index (χ2v) is 8.42. The number of amides is 1. The van der Waals surface area contributed by atoms with E-state index in [4.69, 9.17) is 0 Å². The van der Waals surface area contributed by atoms with Crippen LogP contribution >= 0.6 is 0 Å². The molecule has 1 amide bonds. The molecule has 1 atom stereocenters. The minimum atomic E-state index is -3.95. The number of hydrogen-bond acceptors (Lipinski definition) is 3. The van der Waals surface area contributed by atoms with Crippen LogP contribution in [0, 0.1) is 25.5 Å². The van der Waals surface area contributed by atoms with E-state index in [9.17, 15) is 22.0 Å². The Balaban J connectivity index is 2.21. The summed E-state index contributed by atoms with van der Waals surface area (Å²) in [5.41, 5.74) is 2.60. The summed E-state index contributed by atoms with van der Waals surface area (Å²) in [6.45, 7) is 5.04. The summed E-state index contributed by atoms with van der Waals surface area (Å²) in [5, 5.41) is 2.72. The fourth-order valence-electron chi connectivity index (χ4n) is 2.87. The summed E-state index contributed by atoms with van der Waals surface area (Å²) in [7, 11) is -3.95. The van der Waals surface area contributed by atoms with Crippen molar-refractivity contribution >= 4 is 21.6 Å². The van der Waals surface area contributed by atoms with Gasteiger partial charge in [-0.2, -0.15) is 0 Å². The van der Waals surface area contributed by atoms with Gasteiger partial charge in [0.25, 0.3) is 0 Å². The van der Waals surface area contributed by atoms with Crippen LogP contribution in [0.3, 0.4) is 0 Å². The number of aryl methyl sites for hydroxylation is 2. The van der Waals surface area contributed by atoms with Gasteiger partial charge in [0.1, 0.15) is 18.2 Å². The Labute approximate surface area is 158 Å². The zero-order valence-corrected chi connectivity index (χ0v) is 16.4. The van der Waals surface area contributed by atoms with Gasteiger partial charge in [-0.25, -0.2) is 17.2 Å². The molecule has 27 heavy (non-hydrogen) atoms. The maximum absolute atomic E-state index is 14.0. The van der Waals surface area contributed by atoms with E-state index in [2.05, 4.69) is 5.32 Å². The predicted octanol–water partition coefficient (Wildman–Crippen LogP) is 3.23. The summed E-state index contributed by atoms with van der Waals surface area (Å²) in [6.07, 6.45) is 0.858. The molecule has 0 saturated carbocycles. The van der Waals surface area contributed by atoms with Gasteiger partial charge in [0.05, 0.1) is 18.0 Å². The van der Waals surface area contributed by atoms with Crippen LogP contribution in [0.2, 0.25) is 0 Å². The number of anilines is 1. The van der Waals surface area contributed by atoms with Crippen molar-refractivity contribution in [2.24, 2.45) is 0 Å². The summed E-state index contributed by atoms with van der Waals surface area (Å²) >= 11 is 0. The quantitative estimate of drug-likeness (QED) is 0.815. The predicted molar refractivity (Wildman–Crippen MR) is 101 cm³/mol. The standard InChI is InChI=1S/C19H22F2N2O3S/c1-12-5-7-16(13(2)9-12)14(3)22-19(24)11-23(27(4,25)26)18-8-6-15(20)10-17(18)21/h5-10,14H,11H2,1-4H3,(H,22,24). The van der Waals surface area contributed by atoms with Crippen molar-refractivity contribution in [2.45, 2.75) is 26.8 Å². The van der Waals surface area contributed by atoms with Gasteiger partial charge in [0.15, 0.2) is 0 Å². The third-order valence-electron chi connectivity index (χ3n) is 4.14. The van der Waals surface area contributed by atoms with Crippen LogP contribution in [0.1, 0.15) is 29.7 Å². The first-order valence-corrected chi connectivity index (χ1v) is 10.1. The maximum Gasteiger partial charge on any atom is 0.241 e. The number of rotatable bonds is 6. The fourth-order valence-corrected chi connectivity index (χ4v) is 3.73. The van der Waals surface area contributed by atoms with Crippen molar-refractivity contribution in [1.82, 2.24) is 5.32 Å². The minimum absolute atomic E-state index is 0.363. The Bertz CT molecular complexity index is 961. The van der Waals surface area contributed by atoms with E-state index in [1.165, 1.54) is 0 Å². The average Bonchev–Trinajstić information content (AvgIpc) is 2.52. The van der Waals surface area contributed by atoms with Crippen molar-refractivity contribution in [2.75, 3.05) is 17.1 Å². The second-order valence-electron chi connectivity index (χ2n) is 6.51. The molecule has 0 aliphatic carbocycles. The van der Waals surface area contributed by atoms with E-state index in [0.29, 0.717) is 10.4 Å². The zero-order valence-electron chi connectivity index (χ0n) is 15.6. The number of nitrogens with one attached hydrogen (secondary N) is 1. The molecule has 0 spiro atoms. The number of benzene rings is 2. The Morgan fingerprint density at radius 3 is 2.37 bits per heavy atom. The van der Waals surface area contributed by atoms with Crippen LogP contribution in [0.15, 0.2) is 36.4 Å². The van der Waals surface area contributed by atoms with E-state index in [1.54, 1.807) is 6.92 Å². The van der Waals surface area contributed by atoms with E-state index in [0.717, 1.165) is 35.1 Å². The lowest BCUT2D eigenvalue weighted by atomic mass is 10.0. The van der Waals surface area contributed by atoms with E-state index < -0.39 is 34.1 Å². The molecule has 0 aromatic heterocycles. The summed E-state index contributed by atoms with van der Waals surface area (Å²) < 4.78 is 51.8. The van der Waals surface area contributed by atoms with Gasteiger partial charge in [-0.05, 0) is 44.0 Å². The van der Waals surface area contributed by atoms with E-state index >= 15 is 0 Å². The Morgan fingerprint density at radius 1 is 1.15 bits per heavy atom. The van der Waals surface area contributed by atoms with Gasteiger partial charge in [-0.1, -0.05) is 23.8 Å². The van der Waals surface area contributed by atoms with Gasteiger partial charge in [0.2, 0.25) is 15.9 Å². The summed E-state index contributed by atoms with van der Waals surface area (Å²) in [5.74, 6) is -2.50. The number of nitrogens with zero attached hydrogens (tertiary/aromatic N) is 1. The monoisotopic (exact) mass is 396 g/mol. The minimum Gasteiger partial charge on any atom is -0.348 e. The van der Waals surface area contributed by atoms with Crippen LogP contribution < -0.4 is 9.62 Å². The highest BCUT2D eigenvalue weighted by molar-refractivity contribution is 7.92. The molecule has 2 rings (SSSR count). The van der Waals surface area contributed by atoms with Gasteiger partial charge in [0, 0.05) is 6.07 Å². The van der Waals surface area contributed by atoms with Crippen molar-refractivity contribution in [3.8, 4) is 0 Å². The number of hydrogen-bond donors (Lipinski definition) is 1. The van der Waals surface area contributed by atoms with E-state index in [1.807, 2.05) is 32.0 Å². The summed E-state index contributed by atoms with van der Waals surface area (Å²) in [6, 6.07) is 7.93. The molecule has 0 aliphatic rings. The highest BCUT2D eigenvalue weighted by Gasteiger charge is 2.25. The van der Waals surface area contributed by atoms with Crippen LogP contribution in [0.25, 0.3) is 0 Å². The largest absolute Gasteiger partial charge is 0.348 e. The van der Waals surface area contributed by atoms with E-state index in [-0.39, 0.29) is 11.7 Å². The lowest BCUT2D eigenvalue weighted by molar-refractivity contribution is -0.120. The molecule has 0 heterocycles. The molecule has 1 unspecified atom stereocenters. The molecule has 0 radical (unpaired) electrons. The molecule has 1 N–H and O–H groups in total. The normalized spacial score (nSPS) is 12.5. The van der Waals surface area contributed by atoms with Crippen LogP contribution in [-0.4, -0.2) is 27.1 Å². The van der Waals surface area contributed by atoms with Crippen LogP contribution in [0.5, 0.6) is 0 Å². The van der Waals surface area contributed by atoms with Crippen molar-refractivity contribution in [1.29, 1.82) is 0 Å². The molecule has 2 aromatic rings. The lowest BCUT2D eigenvalue weighted by Gasteiger charge is -2.24. The topological polar surface area (TPSA) is 66.5 Å². The first-order chi connectivity index (χ1) is 12.5. The molecule has 0 bridgehead atoms. The first-order valence-electron chi connectivity index (χ1n) is 8.28. The molecular weight excluding hydrogens is 374 g/mol. The molecule has 0 saturated heterocycles. The van der Waals surface area contributed by atoms with Gasteiger partial charge in [-0.15, -0.1) is 0 Å². The molecule has 146 valence electrons. The lowest BCUT2D eigenvalue weighted by Crippen LogP contribution is -2.41. The Kier molecular flexibility index (Phi) is 6.20. The molecule has 2 aromatic carbocycles. The fraction of sp³-hybridized carbons (Fsp3) is 0.316. The number of carbonyl (C=O) groups is 1. The zero-order chi connectivity index (χ0) is 20.4. The average molecular weight is 396 g/mol. The van der Waals surface area contributed by atoms with Gasteiger partial charge in [-0.3, -0.25) is 9.10 Å². The first kappa shape index (κ1) is 20.8. The molecule has 0 aliphatic heterocycles. The molecule has 8 heteroatoms. The van der Waals surface area contributed by atoms with Crippen molar-refractivity contribution in [3.05, 3.63) is 64.7 Å². The molecule has 5 nitrogen and oxygen atoms in total. The smallest absolute Gasteiger partial charge is 0.241 e. The SMILES string of the molecule is Cc1ccc(C(C)NC(=O)CN(c2ccc(F)cc2F)S(C)(=O)=O)c(C)c1. The van der Waals surface area contributed by atoms with Crippen molar-refractivity contribution < 1.29 is 22.0 Å². The highest BCUT2D eigenvalue weighted by Crippen LogP contribution is 2.23. The number of carbonyl (C=O) groups excluding carboxylic acids is 1. The molecule has 0 fully saturated rings. The van der Waals surface area contributed by atoms with Gasteiger partial charge >= 0.3 is 0 Å². The highest BCUT2D eigenvalue weighted by atomic mass is 32.2. The number of halogens is 2. The Hall–Kier alpha value is -2.48. The third-order valence-corrected chi connectivity index (χ3v) is 5.26. The van der Waals surface area contributed by atoms with Crippen LogP contribution in [0.4, 0.5) is 14.5 Å². The van der Waals surface area contributed by atoms with Crippen molar-refractivity contribution in [3.63, 3.8) is 0 Å². The Morgan fingerprint density at radius 2 is 1.81 bits per heavy atom. The second kappa shape index (κ2) is 8.04. The molecular formula is C19H22F2N2O3S. The maximum atomic E-state index is 14.0. The van der Waals surface area contributed by atoms with Gasteiger partial charge < -0.3 is 5.32 Å². The number of sulfonamides is 1. The van der Waals surface area contributed by atoms with Crippen LogP contribution in [-0.2, 0) is 14.8 Å². The summed E-state index contributed by atoms with van der Waals surface area (Å²) in [4.78, 5) is 12.4.